The molecule has 0 saturated carbocycles. The molecule has 0 heterocycles. The van der Waals surface area contributed by atoms with Crippen LogP contribution in [0.1, 0.15) is 17.3 Å². The lowest BCUT2D eigenvalue weighted by Gasteiger charge is -2.16. The van der Waals surface area contributed by atoms with Crippen LogP contribution in [0.4, 0.5) is 10.1 Å². The molecule has 0 aliphatic heterocycles. The van der Waals surface area contributed by atoms with Crippen molar-refractivity contribution in [2.24, 2.45) is 0 Å². The van der Waals surface area contributed by atoms with E-state index in [0.717, 1.165) is 0 Å². The van der Waals surface area contributed by atoms with Crippen molar-refractivity contribution in [3.8, 4) is 5.75 Å². The SMILES string of the molecule is COCCNC(=O)c1ccccc1NC(=O)[C@H](C)Oc1ccc(F)cc1. The average Bonchev–Trinajstić information content (AvgIpc) is 2.64. The molecule has 2 N–H and O–H groups in total. The Bertz CT molecular complexity index is 749. The zero-order valence-electron chi connectivity index (χ0n) is 14.6. The fourth-order valence-corrected chi connectivity index (χ4v) is 2.16. The van der Waals surface area contributed by atoms with Gasteiger partial charge in [-0.3, -0.25) is 9.59 Å². The summed E-state index contributed by atoms with van der Waals surface area (Å²) in [5.74, 6) is -0.751. The van der Waals surface area contributed by atoms with Crippen LogP contribution in [-0.4, -0.2) is 38.2 Å². The summed E-state index contributed by atoms with van der Waals surface area (Å²) in [4.78, 5) is 24.6. The summed E-state index contributed by atoms with van der Waals surface area (Å²) in [5.41, 5.74) is 0.716. The molecule has 26 heavy (non-hydrogen) atoms. The molecule has 0 saturated heterocycles. The highest BCUT2D eigenvalue weighted by atomic mass is 19.1. The van der Waals surface area contributed by atoms with Crippen LogP contribution in [0.25, 0.3) is 0 Å². The number of para-hydroxylation sites is 1. The molecule has 0 unspecified atom stereocenters. The van der Waals surface area contributed by atoms with Gasteiger partial charge < -0.3 is 20.1 Å². The lowest BCUT2D eigenvalue weighted by atomic mass is 10.1. The molecule has 6 nitrogen and oxygen atoms in total. The Balaban J connectivity index is 2.01. The van der Waals surface area contributed by atoms with Crippen LogP contribution in [0.5, 0.6) is 5.75 Å². The number of halogens is 1. The minimum atomic E-state index is -0.829. The third-order valence-electron chi connectivity index (χ3n) is 3.52. The van der Waals surface area contributed by atoms with Crippen molar-refractivity contribution in [1.29, 1.82) is 0 Å². The van der Waals surface area contributed by atoms with Gasteiger partial charge in [0.25, 0.3) is 11.8 Å². The number of methoxy groups -OCH3 is 1. The molecular weight excluding hydrogens is 339 g/mol. The molecule has 0 aliphatic carbocycles. The molecule has 138 valence electrons. The van der Waals surface area contributed by atoms with E-state index in [9.17, 15) is 14.0 Å². The molecule has 2 rings (SSSR count). The maximum absolute atomic E-state index is 12.9. The number of rotatable bonds is 8. The van der Waals surface area contributed by atoms with Crippen molar-refractivity contribution in [2.45, 2.75) is 13.0 Å². The maximum Gasteiger partial charge on any atom is 0.265 e. The zero-order chi connectivity index (χ0) is 18.9. The number of hydrogen-bond acceptors (Lipinski definition) is 4. The van der Waals surface area contributed by atoms with E-state index in [0.29, 0.717) is 30.2 Å². The minimum absolute atomic E-state index is 0.315. The van der Waals surface area contributed by atoms with Gasteiger partial charge in [0.05, 0.1) is 17.9 Å². The van der Waals surface area contributed by atoms with Gasteiger partial charge in [0.15, 0.2) is 6.10 Å². The second-order valence-electron chi connectivity index (χ2n) is 5.50. The van der Waals surface area contributed by atoms with E-state index in [4.69, 9.17) is 9.47 Å². The average molecular weight is 360 g/mol. The molecule has 2 aromatic carbocycles. The molecule has 7 heteroatoms. The molecule has 0 aliphatic rings. The largest absolute Gasteiger partial charge is 0.481 e. The second kappa shape index (κ2) is 9.53. The molecule has 0 aromatic heterocycles. The van der Waals surface area contributed by atoms with Crippen LogP contribution in [0.3, 0.4) is 0 Å². The molecular formula is C19H21FN2O4. The summed E-state index contributed by atoms with van der Waals surface area (Å²) in [5, 5.41) is 5.39. The Hall–Kier alpha value is -2.93. The molecule has 0 bridgehead atoms. The standard InChI is InChI=1S/C19H21FN2O4/c1-13(26-15-9-7-14(20)8-10-15)18(23)22-17-6-4-3-5-16(17)19(24)21-11-12-25-2/h3-10,13H,11-12H2,1-2H3,(H,21,24)(H,22,23)/t13-/m0/s1. The lowest BCUT2D eigenvalue weighted by molar-refractivity contribution is -0.122. The predicted molar refractivity (Wildman–Crippen MR) is 95.8 cm³/mol. The Labute approximate surface area is 151 Å². The van der Waals surface area contributed by atoms with Crippen molar-refractivity contribution in [3.63, 3.8) is 0 Å². The van der Waals surface area contributed by atoms with Crippen molar-refractivity contribution >= 4 is 17.5 Å². The highest BCUT2D eigenvalue weighted by Gasteiger charge is 2.18. The first kappa shape index (κ1) is 19.4. The van der Waals surface area contributed by atoms with Crippen LogP contribution < -0.4 is 15.4 Å². The molecule has 2 aromatic rings. The van der Waals surface area contributed by atoms with E-state index >= 15 is 0 Å². The Morgan fingerprint density at radius 2 is 1.81 bits per heavy atom. The summed E-state index contributed by atoms with van der Waals surface area (Å²) in [6.07, 6.45) is -0.829. The van der Waals surface area contributed by atoms with Gasteiger partial charge in [0, 0.05) is 13.7 Å². The third-order valence-corrected chi connectivity index (χ3v) is 3.52. The maximum atomic E-state index is 12.9. The topological polar surface area (TPSA) is 76.7 Å². The number of nitrogens with one attached hydrogen (secondary N) is 2. The monoisotopic (exact) mass is 360 g/mol. The van der Waals surface area contributed by atoms with E-state index in [-0.39, 0.29) is 11.7 Å². The fourth-order valence-electron chi connectivity index (χ4n) is 2.16. The zero-order valence-corrected chi connectivity index (χ0v) is 14.6. The van der Waals surface area contributed by atoms with Gasteiger partial charge in [-0.1, -0.05) is 12.1 Å². The van der Waals surface area contributed by atoms with Gasteiger partial charge in [0.1, 0.15) is 11.6 Å². The fraction of sp³-hybridized carbons (Fsp3) is 0.263. The summed E-state index contributed by atoms with van der Waals surface area (Å²) >= 11 is 0. The predicted octanol–water partition coefficient (Wildman–Crippen LogP) is 2.61. The normalized spacial score (nSPS) is 11.5. The van der Waals surface area contributed by atoms with Crippen LogP contribution >= 0.6 is 0 Å². The lowest BCUT2D eigenvalue weighted by Crippen LogP contribution is -2.32. The number of anilines is 1. The molecule has 0 fully saturated rings. The summed E-state index contributed by atoms with van der Waals surface area (Å²) in [6, 6.07) is 12.1. The van der Waals surface area contributed by atoms with Crippen molar-refractivity contribution in [3.05, 3.63) is 59.9 Å². The highest BCUT2D eigenvalue weighted by Crippen LogP contribution is 2.17. The minimum Gasteiger partial charge on any atom is -0.481 e. The van der Waals surface area contributed by atoms with Crippen molar-refractivity contribution < 1.29 is 23.5 Å². The molecule has 0 spiro atoms. The Morgan fingerprint density at radius 3 is 2.50 bits per heavy atom. The number of hydrogen-bond donors (Lipinski definition) is 2. The van der Waals surface area contributed by atoms with Crippen LogP contribution in [0.2, 0.25) is 0 Å². The van der Waals surface area contributed by atoms with Gasteiger partial charge >= 0.3 is 0 Å². The highest BCUT2D eigenvalue weighted by molar-refractivity contribution is 6.04. The number of benzene rings is 2. The van der Waals surface area contributed by atoms with Crippen molar-refractivity contribution in [2.75, 3.05) is 25.6 Å². The molecule has 1 atom stereocenters. The van der Waals surface area contributed by atoms with E-state index < -0.39 is 12.0 Å². The first-order valence-corrected chi connectivity index (χ1v) is 8.10. The van der Waals surface area contributed by atoms with Crippen LogP contribution in [0.15, 0.2) is 48.5 Å². The van der Waals surface area contributed by atoms with Gasteiger partial charge in [-0.15, -0.1) is 0 Å². The van der Waals surface area contributed by atoms with E-state index in [1.54, 1.807) is 38.3 Å². The molecule has 2 amide bonds. The Morgan fingerprint density at radius 1 is 1.12 bits per heavy atom. The first-order chi connectivity index (χ1) is 12.5. The summed E-state index contributed by atoms with van der Waals surface area (Å²) in [6.45, 7) is 2.32. The third kappa shape index (κ3) is 5.56. The quantitative estimate of drug-likeness (QED) is 0.710. The van der Waals surface area contributed by atoms with Gasteiger partial charge in [-0.25, -0.2) is 4.39 Å². The van der Waals surface area contributed by atoms with Gasteiger partial charge in [-0.05, 0) is 43.3 Å². The smallest absolute Gasteiger partial charge is 0.265 e. The second-order valence-corrected chi connectivity index (χ2v) is 5.50. The number of carbonyl (C=O) groups is 2. The van der Waals surface area contributed by atoms with Crippen molar-refractivity contribution in [1.82, 2.24) is 5.32 Å². The number of amides is 2. The number of ether oxygens (including phenoxy) is 2. The molecule has 0 radical (unpaired) electrons. The van der Waals surface area contributed by atoms with Gasteiger partial charge in [0.2, 0.25) is 0 Å². The van der Waals surface area contributed by atoms with E-state index in [2.05, 4.69) is 10.6 Å². The van der Waals surface area contributed by atoms with Crippen LogP contribution in [0, 0.1) is 5.82 Å². The summed E-state index contributed by atoms with van der Waals surface area (Å²) < 4.78 is 23.3. The first-order valence-electron chi connectivity index (χ1n) is 8.10. The summed E-state index contributed by atoms with van der Waals surface area (Å²) in [7, 11) is 1.54. The number of carbonyl (C=O) groups excluding carboxylic acids is 2. The van der Waals surface area contributed by atoms with Gasteiger partial charge in [-0.2, -0.15) is 0 Å². The Kier molecular flexibility index (Phi) is 7.11. The van der Waals surface area contributed by atoms with E-state index in [1.165, 1.54) is 24.3 Å². The van der Waals surface area contributed by atoms with E-state index in [1.807, 2.05) is 0 Å². The van der Waals surface area contributed by atoms with Crippen LogP contribution in [-0.2, 0) is 9.53 Å².